The van der Waals surface area contributed by atoms with Gasteiger partial charge < -0.3 is 25.7 Å². The fourth-order valence-electron chi connectivity index (χ4n) is 2.85. The highest BCUT2D eigenvalue weighted by Crippen LogP contribution is 2.19. The van der Waals surface area contributed by atoms with Crippen LogP contribution in [0, 0.1) is 0 Å². The summed E-state index contributed by atoms with van der Waals surface area (Å²) in [6.45, 7) is 3.01. The summed E-state index contributed by atoms with van der Waals surface area (Å²) in [7, 11) is 0. The topological polar surface area (TPSA) is 68.6 Å². The Morgan fingerprint density at radius 2 is 1.96 bits per heavy atom. The molecule has 0 amide bonds. The van der Waals surface area contributed by atoms with Crippen molar-refractivity contribution in [2.75, 3.05) is 18.5 Å². The lowest BCUT2D eigenvalue weighted by Gasteiger charge is -2.24. The van der Waals surface area contributed by atoms with Gasteiger partial charge in [0.05, 0.1) is 24.7 Å². The van der Waals surface area contributed by atoms with Gasteiger partial charge in [0.2, 0.25) is 0 Å². The summed E-state index contributed by atoms with van der Waals surface area (Å²) >= 11 is 5.84. The van der Waals surface area contributed by atoms with Crippen LogP contribution in [-0.2, 0) is 6.54 Å². The van der Waals surface area contributed by atoms with E-state index in [0.717, 1.165) is 31.8 Å². The van der Waals surface area contributed by atoms with Crippen LogP contribution in [0.15, 0.2) is 60.3 Å². The van der Waals surface area contributed by atoms with E-state index < -0.39 is 5.97 Å². The average Bonchev–Trinajstić information content (AvgIpc) is 2.63. The highest BCUT2D eigenvalue weighted by molar-refractivity contribution is 6.33. The highest BCUT2D eigenvalue weighted by Gasteiger charge is 2.15. The number of hydrogen-bond acceptors (Lipinski definition) is 4. The largest absolute Gasteiger partial charge is 0.545 e. The van der Waals surface area contributed by atoms with Gasteiger partial charge in [-0.2, -0.15) is 0 Å². The summed E-state index contributed by atoms with van der Waals surface area (Å²) in [6.07, 6.45) is 3.10. The summed E-state index contributed by atoms with van der Waals surface area (Å²) in [5.41, 5.74) is 9.22. The van der Waals surface area contributed by atoms with E-state index in [1.807, 2.05) is 6.07 Å². The van der Waals surface area contributed by atoms with Gasteiger partial charge in [-0.05, 0) is 24.3 Å². The number of halogens is 1. The van der Waals surface area contributed by atoms with Crippen molar-refractivity contribution < 1.29 is 14.8 Å². The molecule has 130 valence electrons. The molecule has 6 heteroatoms. The number of nitrogens with one attached hydrogen (secondary N) is 3. The minimum Gasteiger partial charge on any atom is -0.545 e. The van der Waals surface area contributed by atoms with Crippen LogP contribution in [0.2, 0.25) is 5.02 Å². The monoisotopic (exact) mass is 357 g/mol. The third-order valence-corrected chi connectivity index (χ3v) is 4.57. The second kappa shape index (κ2) is 8.05. The number of rotatable bonds is 6. The normalized spacial score (nSPS) is 16.8. The van der Waals surface area contributed by atoms with E-state index in [1.165, 1.54) is 22.6 Å². The van der Waals surface area contributed by atoms with Gasteiger partial charge in [0, 0.05) is 28.3 Å². The average molecular weight is 358 g/mol. The predicted molar refractivity (Wildman–Crippen MR) is 96.1 cm³/mol. The Kier molecular flexibility index (Phi) is 5.58. The maximum absolute atomic E-state index is 11.0. The van der Waals surface area contributed by atoms with Crippen molar-refractivity contribution in [3.63, 3.8) is 0 Å². The smallest absolute Gasteiger partial charge is 0.103 e. The Hall–Kier alpha value is -2.50. The standard InChI is InChI=1S/C19H20ClN3O2/c20-18-7-6-16(12-17(18)19(24)25)22-21-15-8-10-23(11-9-15)13-14-4-2-1-3-5-14/h1-8,12,21-22H,9-11,13H2,(H,24,25). The first-order valence-electron chi connectivity index (χ1n) is 8.21. The Balaban J connectivity index is 1.53. The molecule has 0 saturated heterocycles. The molecule has 0 fully saturated rings. The van der Waals surface area contributed by atoms with Crippen LogP contribution in [0.25, 0.3) is 0 Å². The number of carbonyl (C=O) groups excluding carboxylic acids is 1. The van der Waals surface area contributed by atoms with E-state index in [2.05, 4.69) is 41.2 Å². The highest BCUT2D eigenvalue weighted by atomic mass is 35.5. The molecule has 2 aromatic rings. The number of carbonyl (C=O) groups is 1. The quantitative estimate of drug-likeness (QED) is 0.674. The van der Waals surface area contributed by atoms with Crippen molar-refractivity contribution in [3.05, 3.63) is 76.5 Å². The molecule has 1 atom stereocenters. The first-order valence-corrected chi connectivity index (χ1v) is 8.59. The summed E-state index contributed by atoms with van der Waals surface area (Å²) in [6, 6.07) is 15.2. The molecule has 0 bridgehead atoms. The van der Waals surface area contributed by atoms with Crippen LogP contribution in [0.1, 0.15) is 22.3 Å². The van der Waals surface area contributed by atoms with E-state index in [1.54, 1.807) is 6.07 Å². The summed E-state index contributed by atoms with van der Waals surface area (Å²) in [4.78, 5) is 12.5. The zero-order chi connectivity index (χ0) is 17.6. The fraction of sp³-hybridized carbons (Fsp3) is 0.211. The first kappa shape index (κ1) is 17.3. The Morgan fingerprint density at radius 3 is 2.64 bits per heavy atom. The number of carboxylic acid groups (broad SMARTS) is 1. The van der Waals surface area contributed by atoms with Gasteiger partial charge in [0.1, 0.15) is 6.54 Å². The summed E-state index contributed by atoms with van der Waals surface area (Å²) < 4.78 is 0. The number of hydrogen-bond donors (Lipinski definition) is 3. The second-order valence-corrected chi connectivity index (χ2v) is 6.49. The molecule has 1 heterocycles. The molecule has 2 aromatic carbocycles. The number of carboxylic acids is 1. The van der Waals surface area contributed by atoms with Crippen molar-refractivity contribution in [2.45, 2.75) is 13.0 Å². The summed E-state index contributed by atoms with van der Waals surface area (Å²) in [5, 5.41) is 11.2. The molecule has 1 unspecified atom stereocenters. The first-order chi connectivity index (χ1) is 12.1. The van der Waals surface area contributed by atoms with Crippen LogP contribution in [0.5, 0.6) is 0 Å². The minimum absolute atomic E-state index is 0.0235. The van der Waals surface area contributed by atoms with E-state index in [9.17, 15) is 9.90 Å². The van der Waals surface area contributed by atoms with Crippen molar-refractivity contribution in [2.24, 2.45) is 0 Å². The predicted octanol–water partition coefficient (Wildman–Crippen LogP) is 0.993. The van der Waals surface area contributed by atoms with Gasteiger partial charge in [0.25, 0.3) is 0 Å². The molecule has 0 saturated carbocycles. The molecule has 0 spiro atoms. The molecule has 3 rings (SSSR count). The van der Waals surface area contributed by atoms with Gasteiger partial charge in [-0.3, -0.25) is 0 Å². The van der Waals surface area contributed by atoms with Gasteiger partial charge in [-0.25, -0.2) is 0 Å². The van der Waals surface area contributed by atoms with Crippen LogP contribution in [0.3, 0.4) is 0 Å². The van der Waals surface area contributed by atoms with Crippen LogP contribution < -0.4 is 20.9 Å². The number of anilines is 1. The third-order valence-electron chi connectivity index (χ3n) is 4.24. The van der Waals surface area contributed by atoms with E-state index >= 15 is 0 Å². The van der Waals surface area contributed by atoms with Gasteiger partial charge in [-0.1, -0.05) is 41.9 Å². The molecule has 5 nitrogen and oxygen atoms in total. The molecule has 3 N–H and O–H groups in total. The third kappa shape index (κ3) is 4.75. The SMILES string of the molecule is O=C([O-])c1cc(NNC2=CC[NH+](Cc3ccccc3)CC2)ccc1Cl. The zero-order valence-electron chi connectivity index (χ0n) is 13.7. The molecule has 1 aliphatic heterocycles. The van der Waals surface area contributed by atoms with Crippen molar-refractivity contribution in [3.8, 4) is 0 Å². The fourth-order valence-corrected chi connectivity index (χ4v) is 3.05. The molecule has 0 radical (unpaired) electrons. The van der Waals surface area contributed by atoms with Crippen LogP contribution in [-0.4, -0.2) is 19.1 Å². The molecule has 0 aliphatic carbocycles. The second-order valence-electron chi connectivity index (χ2n) is 6.08. The van der Waals surface area contributed by atoms with Crippen molar-refractivity contribution in [1.29, 1.82) is 0 Å². The number of aromatic carboxylic acids is 1. The van der Waals surface area contributed by atoms with E-state index in [-0.39, 0.29) is 10.6 Å². The zero-order valence-corrected chi connectivity index (χ0v) is 14.5. The molecular weight excluding hydrogens is 338 g/mol. The van der Waals surface area contributed by atoms with Gasteiger partial charge >= 0.3 is 0 Å². The molecule has 1 aliphatic rings. The van der Waals surface area contributed by atoms with E-state index in [4.69, 9.17) is 11.6 Å². The van der Waals surface area contributed by atoms with Gasteiger partial charge in [0.15, 0.2) is 0 Å². The number of benzene rings is 2. The molecule has 25 heavy (non-hydrogen) atoms. The lowest BCUT2D eigenvalue weighted by atomic mass is 10.1. The lowest BCUT2D eigenvalue weighted by molar-refractivity contribution is -0.909. The van der Waals surface area contributed by atoms with Crippen molar-refractivity contribution in [1.82, 2.24) is 5.43 Å². The maximum Gasteiger partial charge on any atom is 0.103 e. The number of hydrazine groups is 1. The summed E-state index contributed by atoms with van der Waals surface area (Å²) in [5.74, 6) is -1.29. The molecular formula is C19H20ClN3O2. The van der Waals surface area contributed by atoms with Crippen LogP contribution in [0.4, 0.5) is 5.69 Å². The lowest BCUT2D eigenvalue weighted by Crippen LogP contribution is -3.11. The Morgan fingerprint density at radius 1 is 1.16 bits per heavy atom. The van der Waals surface area contributed by atoms with E-state index in [0.29, 0.717) is 5.69 Å². The van der Waals surface area contributed by atoms with Crippen LogP contribution >= 0.6 is 11.6 Å². The Bertz CT molecular complexity index is 777. The van der Waals surface area contributed by atoms with Gasteiger partial charge in [-0.15, -0.1) is 0 Å². The molecule has 0 aromatic heterocycles. The van der Waals surface area contributed by atoms with Crippen molar-refractivity contribution >= 4 is 23.3 Å². The number of quaternary nitrogens is 1. The Labute approximate surface area is 151 Å². The maximum atomic E-state index is 11.0. The minimum atomic E-state index is -1.29.